The first-order chi connectivity index (χ1) is 9.85. The van der Waals surface area contributed by atoms with Gasteiger partial charge >= 0.3 is 0 Å². The number of benzene rings is 2. The highest BCUT2D eigenvalue weighted by atomic mass is 32.1. The molecule has 98 valence electrons. The summed E-state index contributed by atoms with van der Waals surface area (Å²) in [4.78, 5) is 8.06. The zero-order valence-corrected chi connectivity index (χ0v) is 11.7. The first-order valence-corrected chi connectivity index (χ1v) is 7.23. The second-order valence-corrected chi connectivity index (χ2v) is 5.53. The average molecular weight is 280 g/mol. The number of rotatable bonds is 2. The van der Waals surface area contributed by atoms with Crippen molar-refractivity contribution in [1.29, 1.82) is 0 Å². The van der Waals surface area contributed by atoms with Crippen LogP contribution in [0.5, 0.6) is 5.75 Å². The molecule has 4 aromatic rings. The molecule has 0 spiro atoms. The van der Waals surface area contributed by atoms with Crippen LogP contribution in [0.25, 0.3) is 32.5 Å². The van der Waals surface area contributed by atoms with Crippen LogP contribution in [0.2, 0.25) is 0 Å². The van der Waals surface area contributed by atoms with Gasteiger partial charge < -0.3 is 9.72 Å². The molecule has 0 saturated carbocycles. The summed E-state index contributed by atoms with van der Waals surface area (Å²) < 4.78 is 6.53. The smallest absolute Gasteiger partial charge is 0.139 e. The minimum absolute atomic E-state index is 0.836. The Labute approximate surface area is 119 Å². The number of hydrogen-bond donors (Lipinski definition) is 1. The van der Waals surface area contributed by atoms with Gasteiger partial charge in [0.1, 0.15) is 11.6 Å². The molecule has 0 unspecified atom stereocenters. The molecular formula is C16H12N2OS. The Bertz CT molecular complexity index is 907. The van der Waals surface area contributed by atoms with Gasteiger partial charge in [-0.25, -0.2) is 4.98 Å². The van der Waals surface area contributed by atoms with E-state index in [-0.39, 0.29) is 0 Å². The lowest BCUT2D eigenvalue weighted by Crippen LogP contribution is -1.81. The summed E-state index contributed by atoms with van der Waals surface area (Å²) in [6.07, 6.45) is 0. The van der Waals surface area contributed by atoms with E-state index in [9.17, 15) is 0 Å². The summed E-state index contributed by atoms with van der Waals surface area (Å²) in [6.45, 7) is 0. The quantitative estimate of drug-likeness (QED) is 0.589. The number of fused-ring (bicyclic) bond motifs is 2. The molecule has 3 nitrogen and oxygen atoms in total. The largest absolute Gasteiger partial charge is 0.497 e. The SMILES string of the molecule is COc1ccc2nc(-c3csc4ccccc34)[nH]c2c1. The van der Waals surface area contributed by atoms with Gasteiger partial charge in [0, 0.05) is 27.1 Å². The van der Waals surface area contributed by atoms with Gasteiger partial charge in [-0.2, -0.15) is 0 Å². The number of imidazole rings is 1. The van der Waals surface area contributed by atoms with E-state index in [1.807, 2.05) is 18.2 Å². The number of nitrogens with one attached hydrogen (secondary N) is 1. The topological polar surface area (TPSA) is 37.9 Å². The van der Waals surface area contributed by atoms with E-state index < -0.39 is 0 Å². The highest BCUT2D eigenvalue weighted by molar-refractivity contribution is 7.17. The van der Waals surface area contributed by atoms with Crippen molar-refractivity contribution in [2.24, 2.45) is 0 Å². The highest BCUT2D eigenvalue weighted by Gasteiger charge is 2.10. The molecule has 2 heterocycles. The van der Waals surface area contributed by atoms with Crippen LogP contribution >= 0.6 is 11.3 Å². The van der Waals surface area contributed by atoms with Crippen LogP contribution < -0.4 is 4.74 Å². The molecule has 0 saturated heterocycles. The molecule has 0 aliphatic rings. The molecule has 2 aromatic carbocycles. The fourth-order valence-electron chi connectivity index (χ4n) is 2.40. The molecule has 4 rings (SSSR count). The first-order valence-electron chi connectivity index (χ1n) is 6.35. The number of hydrogen-bond acceptors (Lipinski definition) is 3. The van der Waals surface area contributed by atoms with E-state index in [0.29, 0.717) is 0 Å². The first kappa shape index (κ1) is 11.5. The molecule has 20 heavy (non-hydrogen) atoms. The number of nitrogens with zero attached hydrogens (tertiary/aromatic N) is 1. The zero-order chi connectivity index (χ0) is 13.5. The molecule has 0 fully saturated rings. The maximum absolute atomic E-state index is 5.25. The number of thiophene rings is 1. The van der Waals surface area contributed by atoms with E-state index in [2.05, 4.69) is 39.6 Å². The summed E-state index contributed by atoms with van der Waals surface area (Å²) in [7, 11) is 1.67. The molecule has 0 radical (unpaired) electrons. The van der Waals surface area contributed by atoms with Crippen LogP contribution in [0.1, 0.15) is 0 Å². The fraction of sp³-hybridized carbons (Fsp3) is 0.0625. The van der Waals surface area contributed by atoms with Crippen LogP contribution in [0, 0.1) is 0 Å². The van der Waals surface area contributed by atoms with Crippen molar-refractivity contribution in [3.63, 3.8) is 0 Å². The van der Waals surface area contributed by atoms with Gasteiger partial charge in [0.05, 0.1) is 18.1 Å². The van der Waals surface area contributed by atoms with Crippen molar-refractivity contribution in [2.75, 3.05) is 7.11 Å². The van der Waals surface area contributed by atoms with Crippen LogP contribution in [0.4, 0.5) is 0 Å². The molecule has 1 N–H and O–H groups in total. The summed E-state index contributed by atoms with van der Waals surface area (Å²) in [5.74, 6) is 1.74. The summed E-state index contributed by atoms with van der Waals surface area (Å²) in [5.41, 5.74) is 3.10. The molecule has 0 amide bonds. The van der Waals surface area contributed by atoms with Gasteiger partial charge in [-0.05, 0) is 18.2 Å². The number of aromatic nitrogens is 2. The number of ether oxygens (including phenoxy) is 1. The lowest BCUT2D eigenvalue weighted by Gasteiger charge is -1.96. The maximum Gasteiger partial charge on any atom is 0.139 e. The minimum atomic E-state index is 0.836. The minimum Gasteiger partial charge on any atom is -0.497 e. The maximum atomic E-state index is 5.25. The number of aromatic amines is 1. The van der Waals surface area contributed by atoms with Crippen LogP contribution in [0.15, 0.2) is 47.8 Å². The van der Waals surface area contributed by atoms with Crippen molar-refractivity contribution >= 4 is 32.5 Å². The second-order valence-electron chi connectivity index (χ2n) is 4.61. The monoisotopic (exact) mass is 280 g/mol. The Hall–Kier alpha value is -2.33. The lowest BCUT2D eigenvalue weighted by atomic mass is 10.2. The third-order valence-corrected chi connectivity index (χ3v) is 4.39. The number of methoxy groups -OCH3 is 1. The predicted octanol–water partition coefficient (Wildman–Crippen LogP) is 4.45. The van der Waals surface area contributed by atoms with Gasteiger partial charge in [0.2, 0.25) is 0 Å². The van der Waals surface area contributed by atoms with Crippen LogP contribution in [-0.4, -0.2) is 17.1 Å². The third kappa shape index (κ3) is 1.69. The van der Waals surface area contributed by atoms with E-state index in [4.69, 9.17) is 4.74 Å². The molecule has 0 aliphatic carbocycles. The van der Waals surface area contributed by atoms with Crippen molar-refractivity contribution in [2.45, 2.75) is 0 Å². The predicted molar refractivity (Wildman–Crippen MR) is 83.5 cm³/mol. The lowest BCUT2D eigenvalue weighted by molar-refractivity contribution is 0.415. The van der Waals surface area contributed by atoms with E-state index in [1.165, 1.54) is 10.1 Å². The van der Waals surface area contributed by atoms with Gasteiger partial charge in [0.15, 0.2) is 0 Å². The summed E-state index contributed by atoms with van der Waals surface area (Å²) in [6, 6.07) is 14.3. The average Bonchev–Trinajstić information content (AvgIpc) is 3.09. The Kier molecular flexibility index (Phi) is 2.50. The van der Waals surface area contributed by atoms with Crippen LogP contribution in [0.3, 0.4) is 0 Å². The van der Waals surface area contributed by atoms with E-state index in [0.717, 1.165) is 28.2 Å². The van der Waals surface area contributed by atoms with Crippen LogP contribution in [-0.2, 0) is 0 Å². The molecule has 4 heteroatoms. The molecule has 0 atom stereocenters. The van der Waals surface area contributed by atoms with Gasteiger partial charge in [-0.1, -0.05) is 18.2 Å². The molecular weight excluding hydrogens is 268 g/mol. The molecule has 0 aliphatic heterocycles. The van der Waals surface area contributed by atoms with Gasteiger partial charge in [0.25, 0.3) is 0 Å². The Morgan fingerprint density at radius 2 is 2.05 bits per heavy atom. The standard InChI is InChI=1S/C16H12N2OS/c1-19-10-6-7-13-14(8-10)18-16(17-13)12-9-20-15-5-3-2-4-11(12)15/h2-9H,1H3,(H,17,18). The number of H-pyrrole nitrogens is 1. The second kappa shape index (κ2) is 4.35. The third-order valence-electron chi connectivity index (χ3n) is 3.43. The van der Waals surface area contributed by atoms with Gasteiger partial charge in [-0.15, -0.1) is 11.3 Å². The normalized spacial score (nSPS) is 11.2. The Morgan fingerprint density at radius 3 is 2.95 bits per heavy atom. The Balaban J connectivity index is 1.93. The van der Waals surface area contributed by atoms with Crippen molar-refractivity contribution in [3.05, 3.63) is 47.8 Å². The van der Waals surface area contributed by atoms with Crippen molar-refractivity contribution in [1.82, 2.24) is 9.97 Å². The van der Waals surface area contributed by atoms with Crippen molar-refractivity contribution < 1.29 is 4.74 Å². The van der Waals surface area contributed by atoms with E-state index in [1.54, 1.807) is 18.4 Å². The summed E-state index contributed by atoms with van der Waals surface area (Å²) >= 11 is 1.74. The highest BCUT2D eigenvalue weighted by Crippen LogP contribution is 2.33. The fourth-order valence-corrected chi connectivity index (χ4v) is 3.35. The van der Waals surface area contributed by atoms with Crippen molar-refractivity contribution in [3.8, 4) is 17.1 Å². The zero-order valence-electron chi connectivity index (χ0n) is 10.9. The molecule has 0 bridgehead atoms. The summed E-state index contributed by atoms with van der Waals surface area (Å²) in [5, 5.41) is 3.39. The van der Waals surface area contributed by atoms with E-state index >= 15 is 0 Å². The Morgan fingerprint density at radius 1 is 1.15 bits per heavy atom. The van der Waals surface area contributed by atoms with Gasteiger partial charge in [-0.3, -0.25) is 0 Å². The molecule has 2 aromatic heterocycles.